The van der Waals surface area contributed by atoms with E-state index in [9.17, 15) is 13.2 Å². The molecule has 0 radical (unpaired) electrons. The van der Waals surface area contributed by atoms with Crippen molar-refractivity contribution >= 4 is 54.0 Å². The van der Waals surface area contributed by atoms with Gasteiger partial charge in [-0.25, -0.2) is 13.4 Å². The predicted molar refractivity (Wildman–Crippen MR) is 140 cm³/mol. The molecule has 1 fully saturated rings. The summed E-state index contributed by atoms with van der Waals surface area (Å²) in [7, 11) is -3.50. The van der Waals surface area contributed by atoms with Crippen molar-refractivity contribution in [3.05, 3.63) is 71.4 Å². The number of aromatic nitrogens is 2. The zero-order chi connectivity index (χ0) is 24.4. The minimum Gasteiger partial charge on any atom is -0.283 e. The Labute approximate surface area is 213 Å². The van der Waals surface area contributed by atoms with Gasteiger partial charge in [0.15, 0.2) is 5.13 Å². The number of para-hydroxylation sites is 1. The van der Waals surface area contributed by atoms with Crippen molar-refractivity contribution in [2.45, 2.75) is 36.9 Å². The van der Waals surface area contributed by atoms with Crippen LogP contribution in [0.5, 0.6) is 0 Å². The molecule has 10 heteroatoms. The molecule has 1 aliphatic rings. The molecule has 0 bridgehead atoms. The minimum atomic E-state index is -3.50. The first-order chi connectivity index (χ1) is 17.0. The van der Waals surface area contributed by atoms with Crippen LogP contribution in [0.25, 0.3) is 10.2 Å². The second-order valence-electron chi connectivity index (χ2n) is 8.50. The highest BCUT2D eigenvalue weighted by Gasteiger charge is 2.35. The number of nitrogens with zero attached hydrogens (tertiary/aromatic N) is 4. The van der Waals surface area contributed by atoms with Crippen LogP contribution in [0.3, 0.4) is 0 Å². The minimum absolute atomic E-state index is 0.00733. The molecule has 4 aromatic rings. The van der Waals surface area contributed by atoms with Gasteiger partial charge >= 0.3 is 0 Å². The fraction of sp³-hybridized carbons (Fsp3) is 0.320. The number of sulfonamides is 1. The maximum absolute atomic E-state index is 13.8. The molecule has 35 heavy (non-hydrogen) atoms. The molecule has 7 nitrogen and oxygen atoms in total. The van der Waals surface area contributed by atoms with Gasteiger partial charge < -0.3 is 0 Å². The van der Waals surface area contributed by atoms with Gasteiger partial charge in [0.2, 0.25) is 5.91 Å². The van der Waals surface area contributed by atoms with E-state index in [0.717, 1.165) is 27.8 Å². The number of aryl methyl sites for hydroxylation is 1. The largest absolute Gasteiger partial charge is 0.283 e. The van der Waals surface area contributed by atoms with E-state index in [1.807, 2.05) is 24.3 Å². The van der Waals surface area contributed by atoms with E-state index < -0.39 is 10.0 Å². The average Bonchev–Trinajstić information content (AvgIpc) is 3.58. The van der Waals surface area contributed by atoms with E-state index in [4.69, 9.17) is 4.98 Å². The van der Waals surface area contributed by atoms with E-state index in [-0.39, 0.29) is 11.8 Å². The number of thiazole rings is 1. The zero-order valence-electron chi connectivity index (χ0n) is 19.3. The van der Waals surface area contributed by atoms with E-state index >= 15 is 0 Å². The summed E-state index contributed by atoms with van der Waals surface area (Å²) in [6.07, 6.45) is 5.29. The van der Waals surface area contributed by atoms with Crippen LogP contribution < -0.4 is 4.90 Å². The van der Waals surface area contributed by atoms with E-state index in [1.165, 1.54) is 27.0 Å². The van der Waals surface area contributed by atoms with Gasteiger partial charge in [0.25, 0.3) is 10.0 Å². The topological polar surface area (TPSA) is 83.5 Å². The van der Waals surface area contributed by atoms with Crippen LogP contribution in [-0.2, 0) is 27.8 Å². The van der Waals surface area contributed by atoms with E-state index in [2.05, 4.69) is 18.0 Å². The lowest BCUT2D eigenvalue weighted by atomic mass is 9.96. The van der Waals surface area contributed by atoms with Crippen LogP contribution in [0.2, 0.25) is 0 Å². The van der Waals surface area contributed by atoms with Gasteiger partial charge in [-0.05, 0) is 60.0 Å². The van der Waals surface area contributed by atoms with Gasteiger partial charge in [-0.1, -0.05) is 36.5 Å². The maximum Gasteiger partial charge on any atom is 0.252 e. The molecule has 0 spiro atoms. The molecule has 1 amide bonds. The van der Waals surface area contributed by atoms with Crippen LogP contribution in [0.15, 0.2) is 64.4 Å². The van der Waals surface area contributed by atoms with E-state index in [1.54, 1.807) is 34.8 Å². The first-order valence-corrected chi connectivity index (χ1v) is 14.7. The molecule has 0 aliphatic carbocycles. The lowest BCUT2D eigenvalue weighted by molar-refractivity contribution is -0.123. The number of piperidine rings is 1. The molecule has 5 rings (SSSR count). The second kappa shape index (κ2) is 10.1. The highest BCUT2D eigenvalue weighted by atomic mass is 32.2. The predicted octanol–water partition coefficient (Wildman–Crippen LogP) is 4.95. The number of hydrogen-bond donors (Lipinski definition) is 0. The third kappa shape index (κ3) is 4.88. The number of fused-ring (bicyclic) bond motifs is 1. The number of rotatable bonds is 7. The second-order valence-corrected chi connectivity index (χ2v) is 12.6. The van der Waals surface area contributed by atoms with Crippen LogP contribution >= 0.6 is 22.7 Å². The molecule has 0 atom stereocenters. The molecule has 0 unspecified atom stereocenters. The third-order valence-electron chi connectivity index (χ3n) is 6.35. The van der Waals surface area contributed by atoms with Crippen molar-refractivity contribution < 1.29 is 13.2 Å². The van der Waals surface area contributed by atoms with Crippen LogP contribution in [0, 0.1) is 5.92 Å². The SMILES string of the molecule is CCc1cccc2sc(N(Cc3ccncc3)C(=O)C3CCN(S(=O)(=O)c4cccs4)CC3)nc12. The Morgan fingerprint density at radius 3 is 2.57 bits per heavy atom. The number of amides is 1. The highest BCUT2D eigenvalue weighted by Crippen LogP contribution is 2.34. The lowest BCUT2D eigenvalue weighted by Gasteiger charge is -2.32. The number of benzene rings is 1. The Morgan fingerprint density at radius 2 is 1.89 bits per heavy atom. The van der Waals surface area contributed by atoms with Crippen LogP contribution in [0.4, 0.5) is 5.13 Å². The van der Waals surface area contributed by atoms with Crippen molar-refractivity contribution in [1.29, 1.82) is 0 Å². The van der Waals surface area contributed by atoms with Gasteiger partial charge in [0.1, 0.15) is 4.21 Å². The summed E-state index contributed by atoms with van der Waals surface area (Å²) in [6, 6.07) is 13.3. The van der Waals surface area contributed by atoms with Gasteiger partial charge in [-0.3, -0.25) is 14.7 Å². The summed E-state index contributed by atoms with van der Waals surface area (Å²) in [5.41, 5.74) is 3.08. The summed E-state index contributed by atoms with van der Waals surface area (Å²) >= 11 is 2.75. The Balaban J connectivity index is 1.40. The van der Waals surface area contributed by atoms with Gasteiger partial charge in [0.05, 0.1) is 16.8 Å². The molecule has 1 aliphatic heterocycles. The Bertz CT molecular complexity index is 1410. The molecule has 0 saturated carbocycles. The highest BCUT2D eigenvalue weighted by molar-refractivity contribution is 7.91. The molecular formula is C25H26N4O3S3. The van der Waals surface area contributed by atoms with E-state index in [0.29, 0.717) is 41.8 Å². The average molecular weight is 527 g/mol. The fourth-order valence-corrected chi connectivity index (χ4v) is 8.04. The molecule has 1 saturated heterocycles. The first kappa shape index (κ1) is 24.1. The normalized spacial score (nSPS) is 15.5. The van der Waals surface area contributed by atoms with Crippen molar-refractivity contribution in [1.82, 2.24) is 14.3 Å². The molecule has 3 aromatic heterocycles. The number of thiophene rings is 1. The Morgan fingerprint density at radius 1 is 1.11 bits per heavy atom. The fourth-order valence-electron chi connectivity index (χ4n) is 4.41. The standard InChI is InChI=1S/C25H26N4O3S3/c1-2-19-5-3-6-21-23(19)27-25(34-21)29(17-18-8-12-26-13-9-18)24(30)20-10-14-28(15-11-20)35(31,32)22-7-4-16-33-22/h3-9,12-13,16,20H,2,10-11,14-15,17H2,1H3. The molecule has 182 valence electrons. The number of carbonyl (C=O) groups is 1. The first-order valence-electron chi connectivity index (χ1n) is 11.6. The van der Waals surface area contributed by atoms with Gasteiger partial charge in [-0.15, -0.1) is 11.3 Å². The number of pyridine rings is 1. The van der Waals surface area contributed by atoms with Gasteiger partial charge in [0, 0.05) is 31.4 Å². The summed E-state index contributed by atoms with van der Waals surface area (Å²) in [5.74, 6) is -0.267. The number of carbonyl (C=O) groups excluding carboxylic acids is 1. The Hall–Kier alpha value is -2.66. The van der Waals surface area contributed by atoms with Crippen molar-refractivity contribution in [3.63, 3.8) is 0 Å². The monoisotopic (exact) mass is 526 g/mol. The molecular weight excluding hydrogens is 501 g/mol. The quantitative estimate of drug-likeness (QED) is 0.340. The van der Waals surface area contributed by atoms with Crippen LogP contribution in [0.1, 0.15) is 30.9 Å². The lowest BCUT2D eigenvalue weighted by Crippen LogP contribution is -2.44. The van der Waals surface area contributed by atoms with Crippen molar-refractivity contribution in [2.24, 2.45) is 5.92 Å². The van der Waals surface area contributed by atoms with Crippen LogP contribution in [-0.4, -0.2) is 41.7 Å². The molecule has 0 N–H and O–H groups in total. The number of anilines is 1. The third-order valence-corrected chi connectivity index (χ3v) is 10.7. The Kier molecular flexibility index (Phi) is 6.97. The molecule has 4 heterocycles. The maximum atomic E-state index is 13.8. The summed E-state index contributed by atoms with van der Waals surface area (Å²) in [4.78, 5) is 24.6. The zero-order valence-corrected chi connectivity index (χ0v) is 21.8. The summed E-state index contributed by atoms with van der Waals surface area (Å²) < 4.78 is 28.7. The summed E-state index contributed by atoms with van der Waals surface area (Å²) in [5, 5.41) is 2.44. The smallest absolute Gasteiger partial charge is 0.252 e. The van der Waals surface area contributed by atoms with Crippen molar-refractivity contribution in [2.75, 3.05) is 18.0 Å². The summed E-state index contributed by atoms with van der Waals surface area (Å²) in [6.45, 7) is 3.17. The number of hydrogen-bond acceptors (Lipinski definition) is 7. The van der Waals surface area contributed by atoms with Gasteiger partial charge in [-0.2, -0.15) is 4.31 Å². The van der Waals surface area contributed by atoms with Crippen molar-refractivity contribution in [3.8, 4) is 0 Å². The molecule has 1 aromatic carbocycles.